The minimum atomic E-state index is -1.26. The summed E-state index contributed by atoms with van der Waals surface area (Å²) in [5.74, 6) is 9.52. The lowest BCUT2D eigenvalue weighted by Gasteiger charge is -2.48. The van der Waals surface area contributed by atoms with Crippen molar-refractivity contribution in [2.24, 2.45) is 5.92 Å². The van der Waals surface area contributed by atoms with E-state index in [1.165, 1.54) is 26.0 Å². The molecule has 284 valence electrons. The van der Waals surface area contributed by atoms with Crippen molar-refractivity contribution in [2.75, 3.05) is 31.3 Å². The number of rotatable bonds is 12. The molecule has 0 aromatic heterocycles. The fraction of sp³-hybridized carbons (Fsp3) is 0.419. The van der Waals surface area contributed by atoms with Crippen molar-refractivity contribution in [1.29, 1.82) is 0 Å². The van der Waals surface area contributed by atoms with Crippen molar-refractivity contribution >= 4 is 23.5 Å². The van der Waals surface area contributed by atoms with E-state index in [2.05, 4.69) is 23.7 Å². The number of β-lactam (4-membered cyclic amide) rings is 1. The molecule has 2 saturated heterocycles. The van der Waals surface area contributed by atoms with E-state index in [0.717, 1.165) is 11.1 Å². The Bertz CT molecular complexity index is 1890. The van der Waals surface area contributed by atoms with Gasteiger partial charge < -0.3 is 33.3 Å². The third-order valence-electron chi connectivity index (χ3n) is 8.95. The largest absolute Gasteiger partial charge is 0.458 e. The van der Waals surface area contributed by atoms with Crippen molar-refractivity contribution in [1.82, 2.24) is 0 Å². The Morgan fingerprint density at radius 1 is 0.870 bits per heavy atom. The lowest BCUT2D eigenvalue weighted by atomic mass is 9.78. The quantitative estimate of drug-likeness (QED) is 0.0858. The van der Waals surface area contributed by atoms with E-state index in [1.54, 1.807) is 30.9 Å². The van der Waals surface area contributed by atoms with E-state index in [9.17, 15) is 18.8 Å². The molecule has 0 spiro atoms. The molecule has 0 aliphatic carbocycles. The highest BCUT2D eigenvalue weighted by molar-refractivity contribution is 6.03. The molecule has 0 bridgehead atoms. The third kappa shape index (κ3) is 10.3. The van der Waals surface area contributed by atoms with Gasteiger partial charge in [-0.3, -0.25) is 14.4 Å². The van der Waals surface area contributed by atoms with Gasteiger partial charge in [0.05, 0.1) is 12.0 Å². The Labute approximate surface area is 316 Å². The number of hydrogen-bond acceptors (Lipinski definition) is 9. The number of carbonyl (C=O) groups is 3. The molecule has 0 saturated carbocycles. The first-order chi connectivity index (χ1) is 25.8. The van der Waals surface area contributed by atoms with Crippen LogP contribution in [0.5, 0.6) is 0 Å². The number of esters is 2. The second-order valence-corrected chi connectivity index (χ2v) is 13.5. The summed E-state index contributed by atoms with van der Waals surface area (Å²) in [4.78, 5) is 39.6. The van der Waals surface area contributed by atoms with Crippen LogP contribution in [0.2, 0.25) is 0 Å². The number of benzene rings is 3. The lowest BCUT2D eigenvalue weighted by molar-refractivity contribution is -0.291. The number of hydrogen-bond donors (Lipinski definition) is 0. The molecule has 2 aliphatic heterocycles. The summed E-state index contributed by atoms with van der Waals surface area (Å²) >= 11 is 0. The number of anilines is 1. The van der Waals surface area contributed by atoms with Gasteiger partial charge in [0.1, 0.15) is 25.1 Å². The minimum Gasteiger partial charge on any atom is -0.458 e. The van der Waals surface area contributed by atoms with Gasteiger partial charge in [-0.15, -0.1) is 0 Å². The molecule has 3 aromatic rings. The van der Waals surface area contributed by atoms with Gasteiger partial charge in [-0.1, -0.05) is 36.1 Å². The van der Waals surface area contributed by atoms with Crippen molar-refractivity contribution in [3.8, 4) is 23.7 Å². The molecule has 0 N–H and O–H groups in total. The summed E-state index contributed by atoms with van der Waals surface area (Å²) < 4.78 is 47.5. The highest BCUT2D eigenvalue weighted by Crippen LogP contribution is 2.46. The smallest absolute Gasteiger partial charge is 0.304 e. The van der Waals surface area contributed by atoms with Gasteiger partial charge in [0.15, 0.2) is 5.79 Å². The fourth-order valence-electron chi connectivity index (χ4n) is 6.33. The Morgan fingerprint density at radius 3 is 2.04 bits per heavy atom. The summed E-state index contributed by atoms with van der Waals surface area (Å²) in [6.07, 6.45) is -0.535. The summed E-state index contributed by atoms with van der Waals surface area (Å²) in [6.45, 7) is 11.0. The van der Waals surface area contributed by atoms with Crippen LogP contribution in [0.3, 0.4) is 0 Å². The molecule has 1 amide bonds. The average molecular weight is 740 g/mol. The molecule has 2 aliphatic rings. The molecule has 10 nitrogen and oxygen atoms in total. The molecule has 1 unspecified atom stereocenters. The zero-order chi connectivity index (χ0) is 38.9. The highest BCUT2D eigenvalue weighted by Gasteiger charge is 2.48. The number of ether oxygens (including phenoxy) is 6. The van der Waals surface area contributed by atoms with Gasteiger partial charge in [-0.05, 0) is 112 Å². The lowest BCUT2D eigenvalue weighted by Crippen LogP contribution is -2.55. The second-order valence-electron chi connectivity index (χ2n) is 13.5. The van der Waals surface area contributed by atoms with Crippen LogP contribution in [0.25, 0.3) is 0 Å². The van der Waals surface area contributed by atoms with Crippen LogP contribution < -0.4 is 4.90 Å². The van der Waals surface area contributed by atoms with Crippen LogP contribution in [0.1, 0.15) is 88.8 Å². The summed E-state index contributed by atoms with van der Waals surface area (Å²) in [7, 11) is 0. The Hall–Kier alpha value is -5.04. The number of carbonyl (C=O) groups excluding carboxylic acids is 3. The van der Waals surface area contributed by atoms with E-state index >= 15 is 0 Å². The van der Waals surface area contributed by atoms with Gasteiger partial charge >= 0.3 is 11.9 Å². The fourth-order valence-corrected chi connectivity index (χ4v) is 6.33. The molecule has 54 heavy (non-hydrogen) atoms. The van der Waals surface area contributed by atoms with Crippen molar-refractivity contribution in [2.45, 2.75) is 84.2 Å². The van der Waals surface area contributed by atoms with Crippen molar-refractivity contribution < 1.29 is 47.2 Å². The second kappa shape index (κ2) is 17.9. The van der Waals surface area contributed by atoms with E-state index in [4.69, 9.17) is 28.4 Å². The van der Waals surface area contributed by atoms with Crippen LogP contribution in [0.4, 0.5) is 10.1 Å². The first kappa shape index (κ1) is 40.2. The van der Waals surface area contributed by atoms with Gasteiger partial charge in [-0.2, -0.15) is 0 Å². The number of amides is 1. The molecule has 5 rings (SSSR count). The van der Waals surface area contributed by atoms with E-state index in [-0.39, 0.29) is 25.2 Å². The zero-order valence-electron chi connectivity index (χ0n) is 31.5. The average Bonchev–Trinajstić information content (AvgIpc) is 3.14. The van der Waals surface area contributed by atoms with Gasteiger partial charge in [0, 0.05) is 43.9 Å². The number of halogens is 1. The van der Waals surface area contributed by atoms with Crippen molar-refractivity contribution in [3.63, 3.8) is 0 Å². The third-order valence-corrected chi connectivity index (χ3v) is 8.95. The normalized spacial score (nSPS) is 19.0. The molecule has 0 radical (unpaired) electrons. The number of nitrogens with zero attached hydrogens (tertiary/aromatic N) is 1. The minimum absolute atomic E-state index is 0.0573. The Kier molecular flexibility index (Phi) is 13.3. The predicted octanol–water partition coefficient (Wildman–Crippen LogP) is 6.80. The summed E-state index contributed by atoms with van der Waals surface area (Å²) in [5, 5.41) is 0. The maximum atomic E-state index is 13.9. The van der Waals surface area contributed by atoms with Crippen LogP contribution in [0, 0.1) is 35.4 Å². The zero-order valence-corrected chi connectivity index (χ0v) is 31.5. The SMILES string of the molecule is CCOC(C#Cc1ccc(N2C(=O)[C@H](CCC(OC(C)=O)c3ccc(F)cc3)[C@H]2c2ccc(C#CC3(OC(C)=O)COC(C)(C)OC3)cc2)cc1)OCC. The molecule has 2 heterocycles. The topological polar surface area (TPSA) is 110 Å². The van der Waals surface area contributed by atoms with Crippen LogP contribution in [-0.4, -0.2) is 62.0 Å². The first-order valence-corrected chi connectivity index (χ1v) is 18.0. The van der Waals surface area contributed by atoms with Gasteiger partial charge in [-0.25, -0.2) is 4.39 Å². The molecule has 2 fully saturated rings. The van der Waals surface area contributed by atoms with Crippen molar-refractivity contribution in [3.05, 3.63) is 101 Å². The first-order valence-electron chi connectivity index (χ1n) is 18.0. The standard InChI is InChI=1S/C43H46FNO9/c1-7-49-39(50-8-2)24-13-31-11-20-36(21-12-31)45-40(37(41(45)48)22-23-38(53-29(3)46)33-16-18-35(44)19-17-33)34-14-9-32(10-15-34)25-26-43(54-30(4)47)27-51-42(5,6)52-28-43/h9-12,14-21,37-40H,7-8,22-23,27-28H2,1-6H3/t37-,38?,40-/m1/s1. The van der Waals surface area contributed by atoms with Crippen LogP contribution >= 0.6 is 0 Å². The maximum absolute atomic E-state index is 13.9. The molecule has 3 atom stereocenters. The molecule has 11 heteroatoms. The Balaban J connectivity index is 1.41. The van der Waals surface area contributed by atoms with Gasteiger partial charge in [0.2, 0.25) is 17.8 Å². The molecule has 3 aromatic carbocycles. The summed E-state index contributed by atoms with van der Waals surface area (Å²) in [5.41, 5.74) is 2.35. The maximum Gasteiger partial charge on any atom is 0.304 e. The predicted molar refractivity (Wildman–Crippen MR) is 198 cm³/mol. The van der Waals surface area contributed by atoms with Gasteiger partial charge in [0.25, 0.3) is 0 Å². The molecular weight excluding hydrogens is 693 g/mol. The highest BCUT2D eigenvalue weighted by atomic mass is 19.1. The van der Waals surface area contributed by atoms with E-state index in [0.29, 0.717) is 42.9 Å². The monoisotopic (exact) mass is 739 g/mol. The molecular formula is C43H46FNO9. The summed E-state index contributed by atoms with van der Waals surface area (Å²) in [6, 6.07) is 20.4. The van der Waals surface area contributed by atoms with E-state index < -0.39 is 47.5 Å². The van der Waals surface area contributed by atoms with E-state index in [1.807, 2.05) is 62.4 Å². The Morgan fingerprint density at radius 2 is 1.46 bits per heavy atom. The van der Waals surface area contributed by atoms with Crippen LogP contribution in [0.15, 0.2) is 72.8 Å². The van der Waals surface area contributed by atoms with Crippen LogP contribution in [-0.2, 0) is 42.8 Å².